The van der Waals surface area contributed by atoms with Crippen LogP contribution in [0, 0.1) is 6.92 Å². The molecule has 0 radical (unpaired) electrons. The van der Waals surface area contributed by atoms with Crippen LogP contribution in [0.2, 0.25) is 0 Å². The molecule has 0 N–H and O–H groups in total. The summed E-state index contributed by atoms with van der Waals surface area (Å²) in [7, 11) is 0. The molecule has 6 heteroatoms. The topological polar surface area (TPSA) is 12.9 Å². The molecule has 78 valence electrons. The zero-order chi connectivity index (χ0) is 10.9. The van der Waals surface area contributed by atoms with E-state index in [4.69, 9.17) is 0 Å². The van der Waals surface area contributed by atoms with Crippen LogP contribution in [0.25, 0.3) is 0 Å². The maximum Gasteiger partial charge on any atom is 0.417 e. The predicted molar refractivity (Wildman–Crippen MR) is 38.9 cm³/mol. The van der Waals surface area contributed by atoms with Crippen LogP contribution in [0.1, 0.15) is 23.2 Å². The van der Waals surface area contributed by atoms with E-state index in [0.717, 1.165) is 0 Å². The van der Waals surface area contributed by atoms with E-state index < -0.39 is 23.7 Å². The van der Waals surface area contributed by atoms with E-state index in [1.165, 1.54) is 6.92 Å². The minimum atomic E-state index is -4.76. The van der Waals surface area contributed by atoms with Crippen molar-refractivity contribution in [3.8, 4) is 0 Å². The van der Waals surface area contributed by atoms with Crippen molar-refractivity contribution in [3.63, 3.8) is 0 Å². The number of hydrogen-bond acceptors (Lipinski definition) is 1. The van der Waals surface area contributed by atoms with Gasteiger partial charge in [0.2, 0.25) is 0 Å². The average Bonchev–Trinajstić information content (AvgIpc) is 2.01. The summed E-state index contributed by atoms with van der Waals surface area (Å²) in [6.45, 7) is 1.31. The highest BCUT2D eigenvalue weighted by Gasteiger charge is 2.35. The van der Waals surface area contributed by atoms with Gasteiger partial charge < -0.3 is 0 Å². The van der Waals surface area contributed by atoms with Crippen molar-refractivity contribution in [2.24, 2.45) is 0 Å². The maximum atomic E-state index is 12.2. The average molecular weight is 211 g/mol. The molecule has 0 aliphatic heterocycles. The van der Waals surface area contributed by atoms with E-state index in [1.54, 1.807) is 0 Å². The third-order valence-electron chi connectivity index (χ3n) is 1.61. The lowest BCUT2D eigenvalue weighted by atomic mass is 10.1. The van der Waals surface area contributed by atoms with Gasteiger partial charge in [-0.25, -0.2) is 8.78 Å². The van der Waals surface area contributed by atoms with Crippen LogP contribution < -0.4 is 0 Å². The first-order valence-electron chi connectivity index (χ1n) is 3.64. The summed E-state index contributed by atoms with van der Waals surface area (Å²) in [5.41, 5.74) is -2.34. The van der Waals surface area contributed by atoms with Crippen molar-refractivity contribution in [2.45, 2.75) is 19.5 Å². The molecule has 0 saturated heterocycles. The summed E-state index contributed by atoms with van der Waals surface area (Å²) in [6, 6.07) is 0.613. The fraction of sp³-hybridized carbons (Fsp3) is 0.375. The van der Waals surface area contributed by atoms with E-state index in [1.807, 2.05) is 0 Å². The second-order valence-electron chi connectivity index (χ2n) is 2.71. The van der Waals surface area contributed by atoms with Gasteiger partial charge >= 0.3 is 6.18 Å². The van der Waals surface area contributed by atoms with E-state index in [9.17, 15) is 22.0 Å². The zero-order valence-electron chi connectivity index (χ0n) is 7.07. The van der Waals surface area contributed by atoms with Gasteiger partial charge in [0.05, 0.1) is 5.56 Å². The van der Waals surface area contributed by atoms with Crippen molar-refractivity contribution in [3.05, 3.63) is 29.1 Å². The molecular formula is C8H6F5N. The molecular weight excluding hydrogens is 205 g/mol. The molecule has 0 fully saturated rings. The summed E-state index contributed by atoms with van der Waals surface area (Å²) in [5.74, 6) is 0. The number of hydrogen-bond donors (Lipinski definition) is 0. The van der Waals surface area contributed by atoms with Crippen LogP contribution in [-0.4, -0.2) is 4.98 Å². The minimum Gasteiger partial charge on any atom is -0.261 e. The Balaban J connectivity index is 3.30. The molecule has 0 bridgehead atoms. The van der Waals surface area contributed by atoms with Gasteiger partial charge in [0, 0.05) is 17.5 Å². The Hall–Kier alpha value is -1.20. The Labute approximate surface area is 76.6 Å². The molecule has 0 aliphatic rings. The third kappa shape index (κ3) is 2.18. The Bertz CT molecular complexity index is 331. The molecule has 1 aromatic rings. The number of pyridine rings is 1. The van der Waals surface area contributed by atoms with Crippen LogP contribution in [0.15, 0.2) is 12.3 Å². The largest absolute Gasteiger partial charge is 0.417 e. The minimum absolute atomic E-state index is 0.0572. The molecule has 1 nitrogen and oxygen atoms in total. The molecule has 0 saturated carbocycles. The maximum absolute atomic E-state index is 12.2. The Morgan fingerprint density at radius 2 is 1.86 bits per heavy atom. The van der Waals surface area contributed by atoms with Gasteiger partial charge in [0.25, 0.3) is 6.43 Å². The SMILES string of the molecule is Cc1cc(C(F)(F)F)c(C(F)F)cn1. The molecule has 14 heavy (non-hydrogen) atoms. The summed E-state index contributed by atoms with van der Waals surface area (Å²) >= 11 is 0. The Morgan fingerprint density at radius 3 is 2.29 bits per heavy atom. The quantitative estimate of drug-likeness (QED) is 0.649. The van der Waals surface area contributed by atoms with Crippen LogP contribution >= 0.6 is 0 Å². The van der Waals surface area contributed by atoms with Crippen molar-refractivity contribution in [2.75, 3.05) is 0 Å². The van der Waals surface area contributed by atoms with Crippen molar-refractivity contribution < 1.29 is 22.0 Å². The second-order valence-corrected chi connectivity index (χ2v) is 2.71. The van der Waals surface area contributed by atoms with Crippen molar-refractivity contribution in [1.29, 1.82) is 0 Å². The normalized spacial score (nSPS) is 12.2. The van der Waals surface area contributed by atoms with Crippen LogP contribution in [0.4, 0.5) is 22.0 Å². The summed E-state index contributed by atoms with van der Waals surface area (Å²) in [5, 5.41) is 0. The van der Waals surface area contributed by atoms with E-state index >= 15 is 0 Å². The highest BCUT2D eigenvalue weighted by atomic mass is 19.4. The van der Waals surface area contributed by atoms with Crippen molar-refractivity contribution >= 4 is 0 Å². The van der Waals surface area contributed by atoms with Gasteiger partial charge in [-0.1, -0.05) is 0 Å². The van der Waals surface area contributed by atoms with Crippen LogP contribution in [0.5, 0.6) is 0 Å². The van der Waals surface area contributed by atoms with Gasteiger partial charge in [-0.15, -0.1) is 0 Å². The van der Waals surface area contributed by atoms with Gasteiger partial charge in [0.15, 0.2) is 0 Å². The number of halogens is 5. The summed E-state index contributed by atoms with van der Waals surface area (Å²) in [4.78, 5) is 3.39. The lowest BCUT2D eigenvalue weighted by molar-refractivity contribution is -0.139. The monoisotopic (exact) mass is 211 g/mol. The van der Waals surface area contributed by atoms with Gasteiger partial charge in [-0.05, 0) is 13.0 Å². The lowest BCUT2D eigenvalue weighted by Crippen LogP contribution is -2.10. The molecule has 0 spiro atoms. The van der Waals surface area contributed by atoms with Gasteiger partial charge in [0.1, 0.15) is 0 Å². The van der Waals surface area contributed by atoms with Crippen LogP contribution in [0.3, 0.4) is 0 Å². The lowest BCUT2D eigenvalue weighted by Gasteiger charge is -2.12. The first-order valence-corrected chi connectivity index (χ1v) is 3.64. The molecule has 0 amide bonds. The first-order chi connectivity index (χ1) is 6.32. The zero-order valence-corrected chi connectivity index (χ0v) is 7.07. The number of rotatable bonds is 1. The summed E-state index contributed by atoms with van der Waals surface area (Å²) in [6.07, 6.45) is -7.37. The number of nitrogens with zero attached hydrogens (tertiary/aromatic N) is 1. The van der Waals surface area contributed by atoms with Crippen LogP contribution in [-0.2, 0) is 6.18 Å². The Kier molecular flexibility index (Phi) is 2.73. The van der Waals surface area contributed by atoms with E-state index in [0.29, 0.717) is 12.3 Å². The fourth-order valence-electron chi connectivity index (χ4n) is 0.990. The molecule has 1 rings (SSSR count). The van der Waals surface area contributed by atoms with Gasteiger partial charge in [-0.2, -0.15) is 13.2 Å². The Morgan fingerprint density at radius 1 is 1.29 bits per heavy atom. The highest BCUT2D eigenvalue weighted by Crippen LogP contribution is 2.35. The van der Waals surface area contributed by atoms with Gasteiger partial charge in [-0.3, -0.25) is 4.98 Å². The smallest absolute Gasteiger partial charge is 0.261 e. The fourth-order valence-corrected chi connectivity index (χ4v) is 0.990. The standard InChI is InChI=1S/C8H6F5N/c1-4-2-6(8(11,12)13)5(3-14-4)7(9)10/h2-3,7H,1H3. The third-order valence-corrected chi connectivity index (χ3v) is 1.61. The summed E-state index contributed by atoms with van der Waals surface area (Å²) < 4.78 is 61.0. The number of aryl methyl sites for hydroxylation is 1. The molecule has 0 aromatic carbocycles. The second kappa shape index (κ2) is 3.51. The first kappa shape index (κ1) is 10.9. The number of alkyl halides is 5. The predicted octanol–water partition coefficient (Wildman–Crippen LogP) is 3.35. The highest BCUT2D eigenvalue weighted by molar-refractivity contribution is 5.29. The molecule has 0 atom stereocenters. The molecule has 0 aliphatic carbocycles. The molecule has 1 heterocycles. The number of aromatic nitrogens is 1. The van der Waals surface area contributed by atoms with E-state index in [2.05, 4.69) is 4.98 Å². The molecule has 0 unspecified atom stereocenters. The molecule has 1 aromatic heterocycles. The van der Waals surface area contributed by atoms with Crippen molar-refractivity contribution in [1.82, 2.24) is 4.98 Å². The van der Waals surface area contributed by atoms with E-state index in [-0.39, 0.29) is 5.69 Å².